The smallest absolute Gasteiger partial charge is 0.442 e. The standard InChI is InChI=1S/C11H9F3N2O2/c1-2-18-9(17)7-3-5-8(6-4-7)10(15-16-10)11(12,13)14/h3-6H,2H2,1H3. The molecule has 1 heterocycles. The summed E-state index contributed by atoms with van der Waals surface area (Å²) < 4.78 is 42.8. The summed E-state index contributed by atoms with van der Waals surface area (Å²) in [5.74, 6) is -0.574. The Bertz CT molecular complexity index is 488. The average molecular weight is 258 g/mol. The molecular weight excluding hydrogens is 249 g/mol. The van der Waals surface area contributed by atoms with Gasteiger partial charge in [0.15, 0.2) is 0 Å². The van der Waals surface area contributed by atoms with Gasteiger partial charge in [-0.2, -0.15) is 13.2 Å². The van der Waals surface area contributed by atoms with Gasteiger partial charge < -0.3 is 4.74 Å². The maximum Gasteiger partial charge on any atom is 0.442 e. The number of carbonyl (C=O) groups excluding carboxylic acids is 1. The molecule has 0 atom stereocenters. The third-order valence-electron chi connectivity index (χ3n) is 2.49. The Morgan fingerprint density at radius 2 is 1.83 bits per heavy atom. The zero-order valence-corrected chi connectivity index (χ0v) is 9.36. The first-order valence-corrected chi connectivity index (χ1v) is 5.19. The van der Waals surface area contributed by atoms with Crippen LogP contribution in [0.4, 0.5) is 13.2 Å². The summed E-state index contributed by atoms with van der Waals surface area (Å²) in [4.78, 5) is 11.3. The molecule has 0 radical (unpaired) electrons. The highest BCUT2D eigenvalue weighted by Gasteiger charge is 2.65. The Balaban J connectivity index is 2.21. The monoisotopic (exact) mass is 258 g/mol. The van der Waals surface area contributed by atoms with Gasteiger partial charge in [-0.15, -0.1) is 10.2 Å². The summed E-state index contributed by atoms with van der Waals surface area (Å²) in [7, 11) is 0. The van der Waals surface area contributed by atoms with Gasteiger partial charge in [-0.25, -0.2) is 4.79 Å². The van der Waals surface area contributed by atoms with Crippen LogP contribution in [0.2, 0.25) is 0 Å². The van der Waals surface area contributed by atoms with E-state index >= 15 is 0 Å². The van der Waals surface area contributed by atoms with Crippen molar-refractivity contribution >= 4 is 5.97 Å². The predicted octanol–water partition coefficient (Wildman–Crippen LogP) is 3.04. The molecule has 1 aliphatic heterocycles. The van der Waals surface area contributed by atoms with Crippen molar-refractivity contribution in [1.29, 1.82) is 0 Å². The molecule has 0 aliphatic carbocycles. The zero-order chi connectivity index (χ0) is 13.4. The lowest BCUT2D eigenvalue weighted by molar-refractivity contribution is -0.166. The van der Waals surface area contributed by atoms with Gasteiger partial charge in [0.05, 0.1) is 12.2 Å². The number of hydrogen-bond donors (Lipinski definition) is 0. The van der Waals surface area contributed by atoms with E-state index in [1.165, 1.54) is 24.3 Å². The number of hydrogen-bond acceptors (Lipinski definition) is 4. The highest BCUT2D eigenvalue weighted by atomic mass is 19.4. The van der Waals surface area contributed by atoms with Crippen LogP contribution in [-0.2, 0) is 10.4 Å². The van der Waals surface area contributed by atoms with Crippen molar-refractivity contribution in [2.75, 3.05) is 6.61 Å². The number of ether oxygens (including phenoxy) is 1. The first kappa shape index (κ1) is 12.5. The molecule has 1 aliphatic rings. The molecule has 7 heteroatoms. The number of carbonyl (C=O) groups is 1. The Morgan fingerprint density at radius 3 is 2.22 bits per heavy atom. The highest BCUT2D eigenvalue weighted by molar-refractivity contribution is 5.89. The summed E-state index contributed by atoms with van der Waals surface area (Å²) in [6, 6.07) is 4.90. The minimum atomic E-state index is -4.56. The fraction of sp³-hybridized carbons (Fsp3) is 0.364. The Hall–Kier alpha value is -1.92. The second-order valence-corrected chi connectivity index (χ2v) is 3.67. The van der Waals surface area contributed by atoms with Crippen LogP contribution in [-0.4, -0.2) is 18.8 Å². The normalized spacial score (nSPS) is 16.4. The summed E-state index contributed by atoms with van der Waals surface area (Å²) in [5.41, 5.74) is -2.36. The molecule has 0 saturated carbocycles. The van der Waals surface area contributed by atoms with Crippen LogP contribution in [0.25, 0.3) is 0 Å². The molecule has 0 saturated heterocycles. The molecule has 4 nitrogen and oxygen atoms in total. The van der Waals surface area contributed by atoms with Crippen LogP contribution in [0.15, 0.2) is 34.5 Å². The molecule has 0 spiro atoms. The van der Waals surface area contributed by atoms with Crippen LogP contribution < -0.4 is 0 Å². The molecule has 0 fully saturated rings. The quantitative estimate of drug-likeness (QED) is 0.782. The van der Waals surface area contributed by atoms with Gasteiger partial charge in [-0.3, -0.25) is 0 Å². The number of nitrogens with zero attached hydrogens (tertiary/aromatic N) is 2. The van der Waals surface area contributed by atoms with Gasteiger partial charge in [0.2, 0.25) is 0 Å². The lowest BCUT2D eigenvalue weighted by atomic mass is 10.0. The molecular formula is C11H9F3N2O2. The Morgan fingerprint density at radius 1 is 1.28 bits per heavy atom. The number of alkyl halides is 3. The number of rotatable bonds is 3. The first-order valence-electron chi connectivity index (χ1n) is 5.19. The van der Waals surface area contributed by atoms with E-state index in [0.717, 1.165) is 0 Å². The van der Waals surface area contributed by atoms with E-state index in [0.29, 0.717) is 0 Å². The Labute approximate surface area is 100 Å². The van der Waals surface area contributed by atoms with Gasteiger partial charge in [0.25, 0.3) is 0 Å². The van der Waals surface area contributed by atoms with Crippen molar-refractivity contribution in [1.82, 2.24) is 0 Å². The van der Waals surface area contributed by atoms with Crippen molar-refractivity contribution in [2.45, 2.75) is 18.8 Å². The highest BCUT2D eigenvalue weighted by Crippen LogP contribution is 2.52. The molecule has 96 valence electrons. The predicted molar refractivity (Wildman–Crippen MR) is 55.0 cm³/mol. The first-order chi connectivity index (χ1) is 8.40. The number of esters is 1. The van der Waals surface area contributed by atoms with Crippen molar-refractivity contribution in [2.24, 2.45) is 10.2 Å². The third kappa shape index (κ3) is 1.96. The molecule has 0 amide bonds. The van der Waals surface area contributed by atoms with Crippen LogP contribution in [0.5, 0.6) is 0 Å². The molecule has 18 heavy (non-hydrogen) atoms. The lowest BCUT2D eigenvalue weighted by Crippen LogP contribution is -2.30. The summed E-state index contributed by atoms with van der Waals surface area (Å²) >= 11 is 0. The van der Waals surface area contributed by atoms with Gasteiger partial charge in [0.1, 0.15) is 0 Å². The van der Waals surface area contributed by atoms with Crippen LogP contribution in [0.3, 0.4) is 0 Å². The summed E-state index contributed by atoms with van der Waals surface area (Å²) in [6.45, 7) is 1.85. The molecule has 2 rings (SSSR count). The number of benzene rings is 1. The summed E-state index contributed by atoms with van der Waals surface area (Å²) in [5, 5.41) is 6.14. The second-order valence-electron chi connectivity index (χ2n) is 3.67. The van der Waals surface area contributed by atoms with E-state index in [1.807, 2.05) is 0 Å². The van der Waals surface area contributed by atoms with E-state index in [1.54, 1.807) is 6.92 Å². The van der Waals surface area contributed by atoms with Gasteiger partial charge in [-0.1, -0.05) is 12.1 Å². The maximum atomic E-state index is 12.7. The molecule has 0 aromatic heterocycles. The largest absolute Gasteiger partial charge is 0.462 e. The molecule has 1 aromatic rings. The minimum absolute atomic E-state index is 0.108. The van der Waals surface area contributed by atoms with E-state index in [2.05, 4.69) is 10.2 Å². The van der Waals surface area contributed by atoms with E-state index in [4.69, 9.17) is 4.74 Å². The number of halogens is 3. The van der Waals surface area contributed by atoms with Gasteiger partial charge in [0, 0.05) is 5.56 Å². The summed E-state index contributed by atoms with van der Waals surface area (Å²) in [6.07, 6.45) is -4.56. The fourth-order valence-electron chi connectivity index (χ4n) is 1.50. The lowest BCUT2D eigenvalue weighted by Gasteiger charge is -2.14. The molecule has 1 aromatic carbocycles. The second kappa shape index (κ2) is 4.08. The van der Waals surface area contributed by atoms with Crippen molar-refractivity contribution < 1.29 is 22.7 Å². The Kier molecular flexibility index (Phi) is 2.84. The van der Waals surface area contributed by atoms with Gasteiger partial charge in [-0.05, 0) is 19.1 Å². The van der Waals surface area contributed by atoms with Crippen LogP contribution >= 0.6 is 0 Å². The van der Waals surface area contributed by atoms with Crippen molar-refractivity contribution in [3.63, 3.8) is 0 Å². The van der Waals surface area contributed by atoms with Crippen molar-refractivity contribution in [3.8, 4) is 0 Å². The maximum absolute atomic E-state index is 12.7. The molecule has 0 unspecified atom stereocenters. The van der Waals surface area contributed by atoms with E-state index < -0.39 is 17.8 Å². The third-order valence-corrected chi connectivity index (χ3v) is 2.49. The minimum Gasteiger partial charge on any atom is -0.462 e. The van der Waals surface area contributed by atoms with E-state index in [9.17, 15) is 18.0 Å². The molecule has 0 bridgehead atoms. The zero-order valence-electron chi connectivity index (χ0n) is 9.36. The SMILES string of the molecule is CCOC(=O)c1ccc(C2(C(F)(F)F)N=N2)cc1. The van der Waals surface area contributed by atoms with Gasteiger partial charge >= 0.3 is 17.8 Å². The average Bonchev–Trinajstić information content (AvgIpc) is 3.10. The van der Waals surface area contributed by atoms with Crippen LogP contribution in [0, 0.1) is 0 Å². The topological polar surface area (TPSA) is 51.0 Å². The molecule has 0 N–H and O–H groups in total. The van der Waals surface area contributed by atoms with E-state index in [-0.39, 0.29) is 17.7 Å². The van der Waals surface area contributed by atoms with Crippen molar-refractivity contribution in [3.05, 3.63) is 35.4 Å². The van der Waals surface area contributed by atoms with Crippen LogP contribution in [0.1, 0.15) is 22.8 Å². The fourth-order valence-corrected chi connectivity index (χ4v) is 1.50.